The molecule has 4 N–H and O–H groups in total. The van der Waals surface area contributed by atoms with E-state index in [2.05, 4.69) is 9.72 Å². The summed E-state index contributed by atoms with van der Waals surface area (Å²) in [7, 11) is 0. The first-order valence-electron chi connectivity index (χ1n) is 4.16. The van der Waals surface area contributed by atoms with Crippen molar-refractivity contribution in [1.29, 1.82) is 0 Å². The summed E-state index contributed by atoms with van der Waals surface area (Å²) in [6.45, 7) is -0.575. The summed E-state index contributed by atoms with van der Waals surface area (Å²) in [6, 6.07) is 0. The van der Waals surface area contributed by atoms with Gasteiger partial charge >= 0.3 is 12.3 Å². The number of halogens is 3. The Balaban J connectivity index is 3.35. The Labute approximate surface area is 92.4 Å². The van der Waals surface area contributed by atoms with E-state index in [1.165, 1.54) is 0 Å². The summed E-state index contributed by atoms with van der Waals surface area (Å²) in [5.74, 6) is -3.56. The van der Waals surface area contributed by atoms with Crippen LogP contribution in [0.4, 0.5) is 13.2 Å². The average Bonchev–Trinajstić information content (AvgIpc) is 2.18. The first-order chi connectivity index (χ1) is 7.76. The average molecular weight is 252 g/mol. The Kier molecular flexibility index (Phi) is 3.42. The van der Waals surface area contributed by atoms with Crippen molar-refractivity contribution in [2.45, 2.75) is 12.9 Å². The zero-order valence-electron chi connectivity index (χ0n) is 8.15. The first-order valence-corrected chi connectivity index (χ1v) is 4.16. The molecular weight excluding hydrogens is 245 g/mol. The van der Waals surface area contributed by atoms with Crippen molar-refractivity contribution in [2.75, 3.05) is 0 Å². The number of carbonyl (C=O) groups is 1. The van der Waals surface area contributed by atoms with Crippen molar-refractivity contribution in [3.05, 3.63) is 17.5 Å². The summed E-state index contributed by atoms with van der Waals surface area (Å²) in [6.07, 6.45) is -4.53. The molecular formula is C8H7F3N2O4. The van der Waals surface area contributed by atoms with Gasteiger partial charge in [-0.25, -0.2) is 9.78 Å². The number of carboxylic acid groups (broad SMARTS) is 1. The monoisotopic (exact) mass is 252 g/mol. The molecule has 0 unspecified atom stereocenters. The summed E-state index contributed by atoms with van der Waals surface area (Å²) in [4.78, 5) is 13.9. The van der Waals surface area contributed by atoms with Gasteiger partial charge in [-0.05, 0) is 0 Å². The lowest BCUT2D eigenvalue weighted by atomic mass is 10.1. The number of pyridine rings is 1. The molecule has 0 aromatic carbocycles. The Morgan fingerprint density at radius 1 is 1.53 bits per heavy atom. The number of hydrogen-bond donors (Lipinski definition) is 3. The van der Waals surface area contributed by atoms with Gasteiger partial charge < -0.3 is 20.7 Å². The van der Waals surface area contributed by atoms with Crippen LogP contribution >= 0.6 is 0 Å². The highest BCUT2D eigenvalue weighted by Gasteiger charge is 2.34. The van der Waals surface area contributed by atoms with Gasteiger partial charge in [0.15, 0.2) is 17.2 Å². The van der Waals surface area contributed by atoms with Gasteiger partial charge in [0.1, 0.15) is 0 Å². The van der Waals surface area contributed by atoms with E-state index in [1.807, 2.05) is 0 Å². The van der Waals surface area contributed by atoms with Gasteiger partial charge in [-0.15, -0.1) is 13.2 Å². The van der Waals surface area contributed by atoms with E-state index in [0.29, 0.717) is 6.20 Å². The quantitative estimate of drug-likeness (QED) is 0.736. The van der Waals surface area contributed by atoms with Crippen LogP contribution in [0, 0.1) is 0 Å². The second-order valence-electron chi connectivity index (χ2n) is 2.86. The molecule has 1 aromatic heterocycles. The number of nitrogens with zero attached hydrogens (tertiary/aromatic N) is 1. The Hall–Kier alpha value is -2.03. The molecule has 0 aliphatic heterocycles. The van der Waals surface area contributed by atoms with E-state index in [-0.39, 0.29) is 0 Å². The van der Waals surface area contributed by atoms with Crippen molar-refractivity contribution in [3.63, 3.8) is 0 Å². The van der Waals surface area contributed by atoms with Crippen LogP contribution in [0.1, 0.15) is 16.1 Å². The zero-order valence-corrected chi connectivity index (χ0v) is 8.15. The molecule has 0 aliphatic rings. The third-order valence-electron chi connectivity index (χ3n) is 1.73. The normalized spacial score (nSPS) is 11.3. The molecule has 1 aromatic rings. The number of rotatable bonds is 3. The minimum Gasteiger partial charge on any atom is -0.503 e. The van der Waals surface area contributed by atoms with E-state index in [0.717, 1.165) is 0 Å². The highest BCUT2D eigenvalue weighted by atomic mass is 19.4. The SMILES string of the molecule is NCc1c(C(=O)O)ncc(O)c1OC(F)(F)F. The molecule has 0 saturated carbocycles. The van der Waals surface area contributed by atoms with Crippen molar-refractivity contribution < 1.29 is 32.9 Å². The Morgan fingerprint density at radius 2 is 2.12 bits per heavy atom. The maximum atomic E-state index is 12.0. The van der Waals surface area contributed by atoms with Gasteiger partial charge in [-0.1, -0.05) is 0 Å². The summed E-state index contributed by atoms with van der Waals surface area (Å²) in [5.41, 5.74) is 3.88. The van der Waals surface area contributed by atoms with Crippen LogP contribution in [0.2, 0.25) is 0 Å². The number of hydrogen-bond acceptors (Lipinski definition) is 5. The number of aromatic carboxylic acids is 1. The van der Waals surface area contributed by atoms with E-state index in [1.54, 1.807) is 0 Å². The number of alkyl halides is 3. The zero-order chi connectivity index (χ0) is 13.2. The summed E-state index contributed by atoms with van der Waals surface area (Å²) in [5, 5.41) is 17.8. The van der Waals surface area contributed by atoms with Crippen molar-refractivity contribution >= 4 is 5.97 Å². The van der Waals surface area contributed by atoms with Gasteiger partial charge in [0, 0.05) is 12.1 Å². The molecule has 94 valence electrons. The maximum Gasteiger partial charge on any atom is 0.573 e. The molecule has 0 atom stereocenters. The fourth-order valence-electron chi connectivity index (χ4n) is 1.13. The number of aromatic nitrogens is 1. The minimum absolute atomic E-state index is 0.533. The third kappa shape index (κ3) is 2.97. The van der Waals surface area contributed by atoms with Crippen LogP contribution in [0.5, 0.6) is 11.5 Å². The largest absolute Gasteiger partial charge is 0.573 e. The van der Waals surface area contributed by atoms with E-state index in [9.17, 15) is 18.0 Å². The van der Waals surface area contributed by atoms with E-state index < -0.39 is 41.6 Å². The lowest BCUT2D eigenvalue weighted by molar-refractivity contribution is -0.275. The predicted molar refractivity (Wildman–Crippen MR) is 47.4 cm³/mol. The van der Waals surface area contributed by atoms with E-state index >= 15 is 0 Å². The molecule has 0 spiro atoms. The van der Waals surface area contributed by atoms with Crippen LogP contribution in [0.3, 0.4) is 0 Å². The van der Waals surface area contributed by atoms with Gasteiger partial charge in [0.2, 0.25) is 0 Å². The standard InChI is InChI=1S/C8H7F3N2O4/c9-8(10,11)17-6-3(1-12)5(7(15)16)13-2-4(6)14/h2,14H,1,12H2,(H,15,16). The first kappa shape index (κ1) is 13.0. The van der Waals surface area contributed by atoms with Gasteiger partial charge in [0.05, 0.1) is 6.20 Å². The minimum atomic E-state index is -5.07. The predicted octanol–water partition coefficient (Wildman–Crippen LogP) is 0.843. The van der Waals surface area contributed by atoms with Crippen LogP contribution in [-0.2, 0) is 6.54 Å². The molecule has 1 heterocycles. The van der Waals surface area contributed by atoms with Crippen molar-refractivity contribution in [3.8, 4) is 11.5 Å². The Morgan fingerprint density at radius 3 is 2.53 bits per heavy atom. The van der Waals surface area contributed by atoms with Crippen LogP contribution in [0.15, 0.2) is 6.20 Å². The summed E-state index contributed by atoms with van der Waals surface area (Å²) >= 11 is 0. The van der Waals surface area contributed by atoms with Gasteiger partial charge in [0.25, 0.3) is 0 Å². The molecule has 0 saturated heterocycles. The number of carboxylic acids is 1. The van der Waals surface area contributed by atoms with E-state index in [4.69, 9.17) is 15.9 Å². The number of nitrogens with two attached hydrogens (primary N) is 1. The van der Waals surface area contributed by atoms with Gasteiger partial charge in [-0.3, -0.25) is 0 Å². The van der Waals surface area contributed by atoms with Crippen LogP contribution in [0.25, 0.3) is 0 Å². The van der Waals surface area contributed by atoms with Crippen molar-refractivity contribution in [2.24, 2.45) is 5.73 Å². The molecule has 6 nitrogen and oxygen atoms in total. The fraction of sp³-hybridized carbons (Fsp3) is 0.250. The molecule has 1 rings (SSSR count). The highest BCUT2D eigenvalue weighted by molar-refractivity contribution is 5.88. The number of aromatic hydroxyl groups is 1. The second kappa shape index (κ2) is 4.45. The molecule has 0 amide bonds. The summed E-state index contributed by atoms with van der Waals surface area (Å²) < 4.78 is 39.6. The smallest absolute Gasteiger partial charge is 0.503 e. The molecule has 0 fully saturated rings. The lowest BCUT2D eigenvalue weighted by Gasteiger charge is -2.14. The third-order valence-corrected chi connectivity index (χ3v) is 1.73. The van der Waals surface area contributed by atoms with Crippen LogP contribution < -0.4 is 10.5 Å². The topological polar surface area (TPSA) is 106 Å². The number of ether oxygens (including phenoxy) is 1. The molecule has 17 heavy (non-hydrogen) atoms. The lowest BCUT2D eigenvalue weighted by Crippen LogP contribution is -2.20. The Bertz CT molecular complexity index is 447. The fourth-order valence-corrected chi connectivity index (χ4v) is 1.13. The second-order valence-corrected chi connectivity index (χ2v) is 2.86. The van der Waals surface area contributed by atoms with Gasteiger partial charge in [-0.2, -0.15) is 0 Å². The highest BCUT2D eigenvalue weighted by Crippen LogP contribution is 2.35. The molecule has 0 radical (unpaired) electrons. The van der Waals surface area contributed by atoms with Crippen LogP contribution in [-0.4, -0.2) is 27.5 Å². The molecule has 0 aliphatic carbocycles. The maximum absolute atomic E-state index is 12.0. The van der Waals surface area contributed by atoms with Crippen molar-refractivity contribution in [1.82, 2.24) is 4.98 Å². The molecule has 9 heteroatoms. The molecule has 0 bridgehead atoms.